The molecule has 3 heteroatoms. The van der Waals surface area contributed by atoms with Gasteiger partial charge in [-0.1, -0.05) is 18.2 Å². The third kappa shape index (κ3) is 4.71. The SMILES string of the molecule is CSc1cccc(NC(C)c2ccc(OC(C)C)cc2)c1. The Hall–Kier alpha value is -1.61. The summed E-state index contributed by atoms with van der Waals surface area (Å²) in [6.45, 7) is 6.25. The number of rotatable bonds is 6. The van der Waals surface area contributed by atoms with Crippen molar-refractivity contribution in [2.24, 2.45) is 0 Å². The summed E-state index contributed by atoms with van der Waals surface area (Å²) < 4.78 is 5.67. The van der Waals surface area contributed by atoms with Crippen molar-refractivity contribution in [1.29, 1.82) is 0 Å². The van der Waals surface area contributed by atoms with Crippen molar-refractivity contribution < 1.29 is 4.74 Å². The van der Waals surface area contributed by atoms with Crippen molar-refractivity contribution in [3.63, 3.8) is 0 Å². The Morgan fingerprint density at radius 3 is 2.33 bits per heavy atom. The largest absolute Gasteiger partial charge is 0.491 e. The van der Waals surface area contributed by atoms with Crippen LogP contribution in [0.3, 0.4) is 0 Å². The molecule has 0 spiro atoms. The fraction of sp³-hybridized carbons (Fsp3) is 0.333. The van der Waals surface area contributed by atoms with Crippen molar-refractivity contribution >= 4 is 17.4 Å². The zero-order valence-corrected chi connectivity index (χ0v) is 13.9. The van der Waals surface area contributed by atoms with Gasteiger partial charge in [0.1, 0.15) is 5.75 Å². The molecular weight excluding hydrogens is 278 g/mol. The molecule has 0 saturated heterocycles. The Morgan fingerprint density at radius 1 is 1.00 bits per heavy atom. The van der Waals surface area contributed by atoms with Gasteiger partial charge in [-0.15, -0.1) is 11.8 Å². The molecule has 0 heterocycles. The van der Waals surface area contributed by atoms with Gasteiger partial charge < -0.3 is 10.1 Å². The summed E-state index contributed by atoms with van der Waals surface area (Å²) in [5.74, 6) is 0.922. The molecule has 0 aliphatic heterocycles. The van der Waals surface area contributed by atoms with Crippen LogP contribution in [0, 0.1) is 0 Å². The number of hydrogen-bond donors (Lipinski definition) is 1. The van der Waals surface area contributed by atoms with E-state index in [1.807, 2.05) is 26.0 Å². The monoisotopic (exact) mass is 301 g/mol. The highest BCUT2D eigenvalue weighted by atomic mass is 32.2. The molecule has 0 saturated carbocycles. The minimum Gasteiger partial charge on any atom is -0.491 e. The Morgan fingerprint density at radius 2 is 1.71 bits per heavy atom. The summed E-state index contributed by atoms with van der Waals surface area (Å²) in [6.07, 6.45) is 2.30. The van der Waals surface area contributed by atoms with E-state index in [-0.39, 0.29) is 12.1 Å². The molecule has 0 fully saturated rings. The number of ether oxygens (including phenoxy) is 1. The topological polar surface area (TPSA) is 21.3 Å². The molecule has 0 aromatic heterocycles. The van der Waals surface area contributed by atoms with Crippen LogP contribution >= 0.6 is 11.8 Å². The van der Waals surface area contributed by atoms with Crippen molar-refractivity contribution in [2.75, 3.05) is 11.6 Å². The van der Waals surface area contributed by atoms with Crippen LogP contribution in [0.2, 0.25) is 0 Å². The number of thioether (sulfide) groups is 1. The van der Waals surface area contributed by atoms with E-state index >= 15 is 0 Å². The number of hydrogen-bond acceptors (Lipinski definition) is 3. The normalized spacial score (nSPS) is 12.2. The van der Waals surface area contributed by atoms with Crippen LogP contribution in [0.4, 0.5) is 5.69 Å². The summed E-state index contributed by atoms with van der Waals surface area (Å²) in [5, 5.41) is 3.54. The highest BCUT2D eigenvalue weighted by Crippen LogP contribution is 2.24. The van der Waals surface area contributed by atoms with Crippen LogP contribution in [0.25, 0.3) is 0 Å². The predicted molar refractivity (Wildman–Crippen MR) is 92.5 cm³/mol. The first kappa shape index (κ1) is 15.8. The van der Waals surface area contributed by atoms with Crippen LogP contribution < -0.4 is 10.1 Å². The van der Waals surface area contributed by atoms with Gasteiger partial charge in [0.2, 0.25) is 0 Å². The molecule has 1 atom stereocenters. The maximum absolute atomic E-state index is 5.67. The van der Waals surface area contributed by atoms with Crippen LogP contribution in [-0.4, -0.2) is 12.4 Å². The second-order valence-corrected chi connectivity index (χ2v) is 6.21. The highest BCUT2D eigenvalue weighted by molar-refractivity contribution is 7.98. The van der Waals surface area contributed by atoms with Crippen molar-refractivity contribution in [2.45, 2.75) is 37.8 Å². The fourth-order valence-electron chi connectivity index (χ4n) is 2.15. The lowest BCUT2D eigenvalue weighted by molar-refractivity contribution is 0.242. The zero-order valence-electron chi connectivity index (χ0n) is 13.1. The Kier molecular flexibility index (Phi) is 5.57. The van der Waals surface area contributed by atoms with Crippen LogP contribution in [0.5, 0.6) is 5.75 Å². The lowest BCUT2D eigenvalue weighted by atomic mass is 10.1. The lowest BCUT2D eigenvalue weighted by Gasteiger charge is -2.17. The smallest absolute Gasteiger partial charge is 0.119 e. The number of benzene rings is 2. The van der Waals surface area contributed by atoms with Crippen LogP contribution in [0.15, 0.2) is 53.4 Å². The molecule has 2 rings (SSSR count). The Balaban J connectivity index is 2.03. The minimum atomic E-state index is 0.209. The standard InChI is InChI=1S/C18H23NOS/c1-13(2)20-17-10-8-15(9-11-17)14(3)19-16-6-5-7-18(12-16)21-4/h5-14,19H,1-4H3. The summed E-state index contributed by atoms with van der Waals surface area (Å²) in [6, 6.07) is 17.1. The quantitative estimate of drug-likeness (QED) is 0.725. The first-order valence-electron chi connectivity index (χ1n) is 7.25. The molecule has 0 bridgehead atoms. The van der Waals surface area contributed by atoms with Gasteiger partial charge in [-0.05, 0) is 62.9 Å². The minimum absolute atomic E-state index is 0.209. The maximum atomic E-state index is 5.67. The molecule has 21 heavy (non-hydrogen) atoms. The average Bonchev–Trinajstić information content (AvgIpc) is 2.47. The van der Waals surface area contributed by atoms with Crippen LogP contribution in [0.1, 0.15) is 32.4 Å². The average molecular weight is 301 g/mol. The summed E-state index contributed by atoms with van der Waals surface area (Å²) in [7, 11) is 0. The fourth-order valence-corrected chi connectivity index (χ4v) is 2.61. The first-order chi connectivity index (χ1) is 10.1. The van der Waals surface area contributed by atoms with E-state index in [4.69, 9.17) is 4.74 Å². The van der Waals surface area contributed by atoms with E-state index in [0.717, 1.165) is 11.4 Å². The number of anilines is 1. The van der Waals surface area contributed by atoms with Gasteiger partial charge in [0.05, 0.1) is 6.10 Å². The van der Waals surface area contributed by atoms with E-state index in [2.05, 4.69) is 54.9 Å². The van der Waals surface area contributed by atoms with Gasteiger partial charge in [-0.25, -0.2) is 0 Å². The van der Waals surface area contributed by atoms with E-state index in [1.54, 1.807) is 11.8 Å². The molecule has 0 aliphatic rings. The van der Waals surface area contributed by atoms with Crippen molar-refractivity contribution in [3.05, 3.63) is 54.1 Å². The summed E-state index contributed by atoms with van der Waals surface area (Å²) in [5.41, 5.74) is 2.40. The molecule has 112 valence electrons. The Bertz CT molecular complexity index is 566. The molecule has 2 aromatic carbocycles. The molecule has 2 aromatic rings. The second-order valence-electron chi connectivity index (χ2n) is 5.33. The molecule has 0 amide bonds. The predicted octanol–water partition coefficient (Wildman–Crippen LogP) is 5.37. The van der Waals surface area contributed by atoms with Crippen molar-refractivity contribution in [1.82, 2.24) is 0 Å². The molecule has 0 radical (unpaired) electrons. The van der Waals surface area contributed by atoms with E-state index in [1.165, 1.54) is 10.5 Å². The highest BCUT2D eigenvalue weighted by Gasteiger charge is 2.06. The lowest BCUT2D eigenvalue weighted by Crippen LogP contribution is -2.08. The summed E-state index contributed by atoms with van der Waals surface area (Å²) >= 11 is 1.76. The van der Waals surface area contributed by atoms with E-state index in [9.17, 15) is 0 Å². The third-order valence-electron chi connectivity index (χ3n) is 3.20. The molecule has 0 aliphatic carbocycles. The molecular formula is C18H23NOS. The molecule has 2 nitrogen and oxygen atoms in total. The second kappa shape index (κ2) is 7.41. The van der Waals surface area contributed by atoms with Crippen LogP contribution in [-0.2, 0) is 0 Å². The summed E-state index contributed by atoms with van der Waals surface area (Å²) in [4.78, 5) is 1.27. The molecule has 1 N–H and O–H groups in total. The van der Waals surface area contributed by atoms with Crippen molar-refractivity contribution in [3.8, 4) is 5.75 Å². The van der Waals surface area contributed by atoms with Gasteiger partial charge >= 0.3 is 0 Å². The van der Waals surface area contributed by atoms with E-state index in [0.29, 0.717) is 0 Å². The zero-order chi connectivity index (χ0) is 15.2. The first-order valence-corrected chi connectivity index (χ1v) is 8.48. The molecule has 1 unspecified atom stereocenters. The van der Waals surface area contributed by atoms with Gasteiger partial charge in [0, 0.05) is 16.6 Å². The van der Waals surface area contributed by atoms with Gasteiger partial charge in [0.15, 0.2) is 0 Å². The van der Waals surface area contributed by atoms with Gasteiger partial charge in [-0.2, -0.15) is 0 Å². The Labute approximate surface area is 131 Å². The number of nitrogens with one attached hydrogen (secondary N) is 1. The van der Waals surface area contributed by atoms with Gasteiger partial charge in [0.25, 0.3) is 0 Å². The third-order valence-corrected chi connectivity index (χ3v) is 3.93. The van der Waals surface area contributed by atoms with E-state index < -0.39 is 0 Å². The van der Waals surface area contributed by atoms with Gasteiger partial charge in [-0.3, -0.25) is 0 Å². The maximum Gasteiger partial charge on any atom is 0.119 e.